The van der Waals surface area contributed by atoms with E-state index in [2.05, 4.69) is 10.4 Å². The molecule has 7 nitrogen and oxygen atoms in total. The third-order valence-corrected chi connectivity index (χ3v) is 5.46. The Morgan fingerprint density at radius 3 is 2.76 bits per heavy atom. The van der Waals surface area contributed by atoms with Gasteiger partial charge in [0.1, 0.15) is 0 Å². The number of aromatic nitrogens is 2. The fourth-order valence-electron chi connectivity index (χ4n) is 2.62. The first kappa shape index (κ1) is 15.8. The average Bonchev–Trinajstić information content (AvgIpc) is 2.88. The van der Waals surface area contributed by atoms with Crippen molar-refractivity contribution in [2.45, 2.75) is 39.8 Å². The Labute approximate surface area is 124 Å². The Morgan fingerprint density at radius 2 is 2.19 bits per heavy atom. The zero-order valence-corrected chi connectivity index (χ0v) is 13.4. The summed E-state index contributed by atoms with van der Waals surface area (Å²) in [5, 5.41) is 7.11. The van der Waals surface area contributed by atoms with Crippen LogP contribution in [-0.2, 0) is 21.1 Å². The summed E-state index contributed by atoms with van der Waals surface area (Å²) < 4.78 is 29.8. The molecule has 1 saturated heterocycles. The zero-order valence-electron chi connectivity index (χ0n) is 12.5. The molecule has 0 saturated carbocycles. The maximum atomic E-state index is 11.6. The molecule has 0 bridgehead atoms. The van der Waals surface area contributed by atoms with Crippen molar-refractivity contribution in [2.24, 2.45) is 0 Å². The number of aryl methyl sites for hydroxylation is 1. The van der Waals surface area contributed by atoms with Crippen LogP contribution in [0.5, 0.6) is 0 Å². The molecule has 0 radical (unpaired) electrons. The number of carbonyl (C=O) groups is 1. The van der Waals surface area contributed by atoms with Crippen molar-refractivity contribution in [1.29, 1.82) is 0 Å². The molecule has 2 heterocycles. The molecule has 1 atom stereocenters. The number of amides is 1. The van der Waals surface area contributed by atoms with Crippen LogP contribution in [0.3, 0.4) is 0 Å². The molecule has 8 heteroatoms. The van der Waals surface area contributed by atoms with Gasteiger partial charge in [-0.25, -0.2) is 13.2 Å². The Bertz CT molecular complexity index is 636. The summed E-state index contributed by atoms with van der Waals surface area (Å²) in [5.74, 6) is 0.353. The second-order valence-electron chi connectivity index (χ2n) is 5.22. The molecule has 1 N–H and O–H groups in total. The minimum atomic E-state index is -2.95. The van der Waals surface area contributed by atoms with Crippen molar-refractivity contribution in [3.63, 3.8) is 0 Å². The van der Waals surface area contributed by atoms with Crippen molar-refractivity contribution in [3.8, 4) is 0 Å². The van der Waals surface area contributed by atoms with Gasteiger partial charge in [0.25, 0.3) is 0 Å². The summed E-state index contributed by atoms with van der Waals surface area (Å²) in [6.45, 7) is 6.15. The highest BCUT2D eigenvalue weighted by Crippen LogP contribution is 2.26. The predicted molar refractivity (Wildman–Crippen MR) is 77.9 cm³/mol. The third kappa shape index (κ3) is 3.55. The van der Waals surface area contributed by atoms with Gasteiger partial charge in [-0.3, -0.25) is 4.68 Å². The van der Waals surface area contributed by atoms with E-state index >= 15 is 0 Å². The lowest BCUT2D eigenvalue weighted by Crippen LogP contribution is -2.24. The van der Waals surface area contributed by atoms with Gasteiger partial charge in [0.05, 0.1) is 29.8 Å². The highest BCUT2D eigenvalue weighted by Gasteiger charge is 2.31. The first-order valence-corrected chi connectivity index (χ1v) is 8.82. The van der Waals surface area contributed by atoms with Crippen LogP contribution < -0.4 is 5.32 Å². The molecule has 0 aromatic carbocycles. The van der Waals surface area contributed by atoms with Crippen molar-refractivity contribution in [3.05, 3.63) is 17.0 Å². The van der Waals surface area contributed by atoms with E-state index in [4.69, 9.17) is 4.74 Å². The van der Waals surface area contributed by atoms with E-state index in [9.17, 15) is 13.2 Å². The predicted octanol–water partition coefficient (Wildman–Crippen LogP) is 1.11. The van der Waals surface area contributed by atoms with Crippen LogP contribution in [0.4, 0.5) is 4.79 Å². The van der Waals surface area contributed by atoms with Gasteiger partial charge in [-0.2, -0.15) is 5.10 Å². The molecule has 1 aromatic heterocycles. The highest BCUT2D eigenvalue weighted by molar-refractivity contribution is 7.91. The van der Waals surface area contributed by atoms with E-state index in [0.29, 0.717) is 19.6 Å². The van der Waals surface area contributed by atoms with E-state index in [-0.39, 0.29) is 17.5 Å². The summed E-state index contributed by atoms with van der Waals surface area (Å²) in [7, 11) is -2.95. The normalized spacial score (nSPS) is 20.4. The molecule has 2 rings (SSSR count). The lowest BCUT2D eigenvalue weighted by atomic mass is 10.2. The number of ether oxygens (including phenoxy) is 1. The summed E-state index contributed by atoms with van der Waals surface area (Å²) in [6.07, 6.45) is 0.127. The minimum Gasteiger partial charge on any atom is -0.450 e. The number of nitrogens with zero attached hydrogens (tertiary/aromatic N) is 2. The number of sulfone groups is 1. The molecular weight excluding hydrogens is 294 g/mol. The van der Waals surface area contributed by atoms with Gasteiger partial charge in [-0.15, -0.1) is 0 Å². The zero-order chi connectivity index (χ0) is 15.6. The van der Waals surface area contributed by atoms with E-state index in [1.807, 2.05) is 13.8 Å². The van der Waals surface area contributed by atoms with Crippen molar-refractivity contribution in [1.82, 2.24) is 15.1 Å². The molecule has 0 aliphatic carbocycles. The van der Waals surface area contributed by atoms with Gasteiger partial charge >= 0.3 is 6.09 Å². The number of hydrogen-bond acceptors (Lipinski definition) is 5. The fourth-order valence-corrected chi connectivity index (χ4v) is 4.31. The molecule has 1 amide bonds. The Hall–Kier alpha value is -1.57. The second kappa shape index (κ2) is 6.05. The van der Waals surface area contributed by atoms with Crippen molar-refractivity contribution >= 4 is 15.9 Å². The van der Waals surface area contributed by atoms with Gasteiger partial charge in [0.2, 0.25) is 0 Å². The van der Waals surface area contributed by atoms with Crippen LogP contribution in [0.2, 0.25) is 0 Å². The molecule has 21 heavy (non-hydrogen) atoms. The molecular formula is C13H21N3O4S. The van der Waals surface area contributed by atoms with Gasteiger partial charge in [-0.05, 0) is 27.2 Å². The van der Waals surface area contributed by atoms with E-state index < -0.39 is 15.9 Å². The third-order valence-electron chi connectivity index (χ3n) is 3.71. The smallest absolute Gasteiger partial charge is 0.407 e. The van der Waals surface area contributed by atoms with Crippen LogP contribution in [0.15, 0.2) is 0 Å². The molecule has 1 aromatic rings. The topological polar surface area (TPSA) is 90.3 Å². The lowest BCUT2D eigenvalue weighted by molar-refractivity contribution is 0.151. The lowest BCUT2D eigenvalue weighted by Gasteiger charge is -2.11. The summed E-state index contributed by atoms with van der Waals surface area (Å²) >= 11 is 0. The van der Waals surface area contributed by atoms with Gasteiger partial charge in [0.15, 0.2) is 9.84 Å². The van der Waals surface area contributed by atoms with Crippen molar-refractivity contribution < 1.29 is 17.9 Å². The number of carbonyl (C=O) groups excluding carboxylic acids is 1. The number of alkyl carbamates (subject to hydrolysis) is 1. The van der Waals surface area contributed by atoms with Crippen LogP contribution in [0, 0.1) is 13.8 Å². The largest absolute Gasteiger partial charge is 0.450 e. The summed E-state index contributed by atoms with van der Waals surface area (Å²) in [6, 6.07) is -0.106. The van der Waals surface area contributed by atoms with Gasteiger partial charge < -0.3 is 10.1 Å². The monoisotopic (exact) mass is 315 g/mol. The summed E-state index contributed by atoms with van der Waals surface area (Å²) in [4.78, 5) is 11.3. The van der Waals surface area contributed by atoms with Crippen molar-refractivity contribution in [2.75, 3.05) is 18.1 Å². The van der Waals surface area contributed by atoms with Crippen LogP contribution in [0.1, 0.15) is 36.3 Å². The van der Waals surface area contributed by atoms with E-state index in [1.54, 1.807) is 11.6 Å². The second-order valence-corrected chi connectivity index (χ2v) is 7.45. The highest BCUT2D eigenvalue weighted by atomic mass is 32.2. The molecule has 1 aliphatic heterocycles. The standard InChI is InChI=1S/C13H21N3O4S/c1-4-20-13(17)14-7-12-9(2)15-16(10(12)3)11-5-6-21(18,19)8-11/h11H,4-8H2,1-3H3,(H,14,17)/t11-/m0/s1. The molecule has 0 spiro atoms. The SMILES string of the molecule is CCOC(=O)NCc1c(C)nn([C@H]2CCS(=O)(=O)C2)c1C. The fraction of sp³-hybridized carbons (Fsp3) is 0.692. The van der Waals surface area contributed by atoms with E-state index in [0.717, 1.165) is 17.0 Å². The van der Waals surface area contributed by atoms with Gasteiger partial charge in [0, 0.05) is 17.8 Å². The molecule has 118 valence electrons. The van der Waals surface area contributed by atoms with Gasteiger partial charge in [-0.1, -0.05) is 0 Å². The Kier molecular flexibility index (Phi) is 4.55. The minimum absolute atomic E-state index is 0.106. The Balaban J connectivity index is 2.13. The number of hydrogen-bond donors (Lipinski definition) is 1. The molecule has 0 unspecified atom stereocenters. The van der Waals surface area contributed by atoms with Crippen LogP contribution >= 0.6 is 0 Å². The first-order valence-electron chi connectivity index (χ1n) is 6.99. The quantitative estimate of drug-likeness (QED) is 0.898. The number of nitrogens with one attached hydrogen (secondary N) is 1. The average molecular weight is 315 g/mol. The first-order chi connectivity index (χ1) is 9.84. The summed E-state index contributed by atoms with van der Waals surface area (Å²) in [5.41, 5.74) is 2.60. The maximum absolute atomic E-state index is 11.6. The van der Waals surface area contributed by atoms with Crippen LogP contribution in [-0.4, -0.2) is 42.4 Å². The Morgan fingerprint density at radius 1 is 1.48 bits per heavy atom. The molecule has 1 fully saturated rings. The molecule has 1 aliphatic rings. The maximum Gasteiger partial charge on any atom is 0.407 e. The van der Waals surface area contributed by atoms with Crippen LogP contribution in [0.25, 0.3) is 0 Å². The van der Waals surface area contributed by atoms with E-state index in [1.165, 1.54) is 0 Å². The number of rotatable bonds is 4.